The monoisotopic (exact) mass is 566 g/mol. The highest BCUT2D eigenvalue weighted by atomic mass is 35.5. The van der Waals surface area contributed by atoms with Crippen LogP contribution in [0.1, 0.15) is 43.1 Å². The van der Waals surface area contributed by atoms with E-state index >= 15 is 0 Å². The smallest absolute Gasteiger partial charge is 0.223 e. The SMILES string of the molecule is Cc1nc2cc(Cl)ccc2n1CC1=CSC(CNC(=O)CCC(=O)N2CCCC2c2cccc(N(C)C)c2)N1. The molecule has 2 aliphatic heterocycles. The molecular formula is C29H35ClN6O2S. The van der Waals surface area contributed by atoms with Crippen molar-refractivity contribution in [3.05, 3.63) is 70.0 Å². The van der Waals surface area contributed by atoms with Gasteiger partial charge in [0.05, 0.1) is 29.0 Å². The molecule has 2 aliphatic rings. The number of nitrogens with zero attached hydrogens (tertiary/aromatic N) is 4. The van der Waals surface area contributed by atoms with Crippen molar-refractivity contribution in [3.8, 4) is 0 Å². The van der Waals surface area contributed by atoms with Crippen molar-refractivity contribution in [1.82, 2.24) is 25.1 Å². The molecule has 0 bridgehead atoms. The van der Waals surface area contributed by atoms with Gasteiger partial charge in [-0.15, -0.1) is 11.8 Å². The van der Waals surface area contributed by atoms with Crippen molar-refractivity contribution < 1.29 is 9.59 Å². The Balaban J connectivity index is 1.07. The van der Waals surface area contributed by atoms with Crippen molar-refractivity contribution in [3.63, 3.8) is 0 Å². The highest BCUT2D eigenvalue weighted by Gasteiger charge is 2.30. The summed E-state index contributed by atoms with van der Waals surface area (Å²) in [6.07, 6.45) is 2.36. The lowest BCUT2D eigenvalue weighted by atomic mass is 10.0. The number of anilines is 1. The molecule has 2 atom stereocenters. The molecule has 5 rings (SSSR count). The number of likely N-dealkylation sites (tertiary alicyclic amines) is 1. The maximum atomic E-state index is 13.0. The van der Waals surface area contributed by atoms with Crippen LogP contribution in [0.2, 0.25) is 5.02 Å². The van der Waals surface area contributed by atoms with Crippen LogP contribution in [0, 0.1) is 6.92 Å². The lowest BCUT2D eigenvalue weighted by Gasteiger charge is -2.26. The van der Waals surface area contributed by atoms with E-state index in [1.807, 2.05) is 50.2 Å². The molecule has 3 heterocycles. The average molecular weight is 567 g/mol. The van der Waals surface area contributed by atoms with E-state index in [-0.39, 0.29) is 36.1 Å². The minimum atomic E-state index is -0.0992. The highest BCUT2D eigenvalue weighted by molar-refractivity contribution is 8.03. The maximum absolute atomic E-state index is 13.0. The number of imidazole rings is 1. The summed E-state index contributed by atoms with van der Waals surface area (Å²) >= 11 is 7.77. The first kappa shape index (κ1) is 27.4. The topological polar surface area (TPSA) is 82.5 Å². The van der Waals surface area contributed by atoms with Crippen molar-refractivity contribution in [2.45, 2.75) is 50.6 Å². The van der Waals surface area contributed by atoms with E-state index in [0.29, 0.717) is 18.1 Å². The summed E-state index contributed by atoms with van der Waals surface area (Å²) < 4.78 is 2.15. The van der Waals surface area contributed by atoms with Crippen molar-refractivity contribution >= 4 is 51.9 Å². The molecule has 1 fully saturated rings. The Labute approximate surface area is 238 Å². The number of aromatic nitrogens is 2. The first-order valence-corrected chi connectivity index (χ1v) is 14.7. The van der Waals surface area contributed by atoms with E-state index in [4.69, 9.17) is 11.6 Å². The molecule has 0 saturated carbocycles. The Morgan fingerprint density at radius 2 is 2.05 bits per heavy atom. The number of rotatable bonds is 9. The first-order valence-electron chi connectivity index (χ1n) is 13.4. The second-order valence-electron chi connectivity index (χ2n) is 10.3. The minimum absolute atomic E-state index is 0.0458. The number of halogens is 1. The van der Waals surface area contributed by atoms with Crippen LogP contribution in [0.4, 0.5) is 5.69 Å². The zero-order valence-corrected chi connectivity index (χ0v) is 24.2. The van der Waals surface area contributed by atoms with Crippen LogP contribution in [0.5, 0.6) is 0 Å². The predicted octanol–water partition coefficient (Wildman–Crippen LogP) is 4.83. The molecule has 8 nitrogen and oxygen atoms in total. The van der Waals surface area contributed by atoms with Gasteiger partial charge in [0.2, 0.25) is 11.8 Å². The molecule has 2 amide bonds. The van der Waals surface area contributed by atoms with Gasteiger partial charge in [0.15, 0.2) is 0 Å². The van der Waals surface area contributed by atoms with Crippen LogP contribution >= 0.6 is 23.4 Å². The Morgan fingerprint density at radius 1 is 1.21 bits per heavy atom. The Hall–Kier alpha value is -3.17. The zero-order valence-electron chi connectivity index (χ0n) is 22.6. The average Bonchev–Trinajstić information content (AvgIpc) is 3.65. The van der Waals surface area contributed by atoms with Gasteiger partial charge in [-0.3, -0.25) is 9.59 Å². The summed E-state index contributed by atoms with van der Waals surface area (Å²) in [5, 5.41) is 9.31. The van der Waals surface area contributed by atoms with Gasteiger partial charge in [-0.05, 0) is 61.1 Å². The second kappa shape index (κ2) is 11.9. The maximum Gasteiger partial charge on any atom is 0.223 e. The molecular weight excluding hydrogens is 532 g/mol. The molecule has 0 spiro atoms. The quantitative estimate of drug-likeness (QED) is 0.386. The summed E-state index contributed by atoms with van der Waals surface area (Å²) in [5.41, 5.74) is 5.28. The Kier molecular flexibility index (Phi) is 8.37. The summed E-state index contributed by atoms with van der Waals surface area (Å²) in [5.74, 6) is 0.870. The Bertz CT molecular complexity index is 1400. The number of hydrogen-bond acceptors (Lipinski definition) is 6. The fraction of sp³-hybridized carbons (Fsp3) is 0.414. The summed E-state index contributed by atoms with van der Waals surface area (Å²) in [6.45, 7) is 3.89. The number of aryl methyl sites for hydroxylation is 1. The second-order valence-corrected chi connectivity index (χ2v) is 11.8. The third-order valence-corrected chi connectivity index (χ3v) is 8.61. The summed E-state index contributed by atoms with van der Waals surface area (Å²) in [4.78, 5) is 34.3. The number of thioether (sulfide) groups is 1. The van der Waals surface area contributed by atoms with Gasteiger partial charge in [-0.1, -0.05) is 23.7 Å². The van der Waals surface area contributed by atoms with E-state index in [1.54, 1.807) is 11.8 Å². The van der Waals surface area contributed by atoms with Crippen LogP contribution < -0.4 is 15.5 Å². The van der Waals surface area contributed by atoms with Crippen LogP contribution in [-0.2, 0) is 16.1 Å². The van der Waals surface area contributed by atoms with Gasteiger partial charge in [-0.2, -0.15) is 0 Å². The van der Waals surface area contributed by atoms with Crippen LogP contribution in [-0.4, -0.2) is 58.8 Å². The molecule has 39 heavy (non-hydrogen) atoms. The normalized spacial score (nSPS) is 18.8. The fourth-order valence-electron chi connectivity index (χ4n) is 5.30. The highest BCUT2D eigenvalue weighted by Crippen LogP contribution is 2.34. The fourth-order valence-corrected chi connectivity index (χ4v) is 6.33. The molecule has 3 aromatic rings. The number of carbonyl (C=O) groups excluding carboxylic acids is 2. The Morgan fingerprint density at radius 3 is 2.87 bits per heavy atom. The number of carbonyl (C=O) groups is 2. The van der Waals surface area contributed by atoms with Crippen molar-refractivity contribution in [1.29, 1.82) is 0 Å². The van der Waals surface area contributed by atoms with Gasteiger partial charge in [-0.25, -0.2) is 4.98 Å². The predicted molar refractivity (Wildman–Crippen MR) is 159 cm³/mol. The van der Waals surface area contributed by atoms with Crippen molar-refractivity contribution in [2.24, 2.45) is 0 Å². The molecule has 2 unspecified atom stereocenters. The molecule has 206 valence electrons. The standard InChI is InChI=1S/C29H35ClN6O2S/c1-19-32-24-15-21(30)9-10-26(24)36(19)17-22-18-39-28(33-22)16-31-27(37)11-12-29(38)35-13-5-8-25(35)20-6-4-7-23(14-20)34(2)3/h4,6-7,9-10,14-15,18,25,28,33H,5,8,11-13,16-17H2,1-3H3,(H,31,37). The minimum Gasteiger partial charge on any atom is -0.378 e. The molecule has 2 aromatic carbocycles. The molecule has 0 aliphatic carbocycles. The van der Waals surface area contributed by atoms with E-state index in [1.165, 1.54) is 0 Å². The molecule has 10 heteroatoms. The van der Waals surface area contributed by atoms with Gasteiger partial charge < -0.3 is 25.0 Å². The number of allylic oxidation sites excluding steroid dienone is 1. The lowest BCUT2D eigenvalue weighted by molar-refractivity contribution is -0.134. The number of hydrogen-bond donors (Lipinski definition) is 2. The van der Waals surface area contributed by atoms with E-state index in [2.05, 4.69) is 48.7 Å². The van der Waals surface area contributed by atoms with E-state index in [0.717, 1.165) is 53.2 Å². The third-order valence-electron chi connectivity index (χ3n) is 7.35. The first-order chi connectivity index (χ1) is 18.8. The largest absolute Gasteiger partial charge is 0.378 e. The molecule has 2 N–H and O–H groups in total. The molecule has 1 aromatic heterocycles. The summed E-state index contributed by atoms with van der Waals surface area (Å²) in [7, 11) is 4.04. The van der Waals surface area contributed by atoms with E-state index in [9.17, 15) is 9.59 Å². The number of amides is 2. The van der Waals surface area contributed by atoms with E-state index < -0.39 is 0 Å². The van der Waals surface area contributed by atoms with Crippen LogP contribution in [0.25, 0.3) is 11.0 Å². The van der Waals surface area contributed by atoms with Crippen LogP contribution in [0.15, 0.2) is 53.6 Å². The van der Waals surface area contributed by atoms with Crippen LogP contribution in [0.3, 0.4) is 0 Å². The lowest BCUT2D eigenvalue weighted by Crippen LogP contribution is -2.37. The number of benzene rings is 2. The zero-order chi connectivity index (χ0) is 27.5. The summed E-state index contributed by atoms with van der Waals surface area (Å²) in [6, 6.07) is 14.2. The number of fused-ring (bicyclic) bond motifs is 1. The molecule has 1 saturated heterocycles. The number of nitrogens with one attached hydrogen (secondary N) is 2. The van der Waals surface area contributed by atoms with Crippen molar-refractivity contribution in [2.75, 3.05) is 32.1 Å². The van der Waals surface area contributed by atoms with Gasteiger partial charge in [0, 0.05) is 56.4 Å². The van der Waals surface area contributed by atoms with Gasteiger partial charge >= 0.3 is 0 Å². The molecule has 0 radical (unpaired) electrons. The third kappa shape index (κ3) is 6.36. The van der Waals surface area contributed by atoms with Gasteiger partial charge in [0.1, 0.15) is 5.82 Å². The van der Waals surface area contributed by atoms with Gasteiger partial charge in [0.25, 0.3) is 0 Å².